The lowest BCUT2D eigenvalue weighted by atomic mass is 9.82. The number of fused-ring (bicyclic) bond motifs is 2. The SMILES string of the molecule is CN1NC(C2CCC(S(=O)(=O)NC3CCCC4CNN(C)C43)CN2)C2COCCC21. The molecule has 1 aliphatic carbocycles. The fourth-order valence-corrected chi connectivity index (χ4v) is 8.33. The van der Waals surface area contributed by atoms with E-state index in [-0.39, 0.29) is 17.3 Å². The van der Waals surface area contributed by atoms with E-state index in [1.807, 2.05) is 7.05 Å². The number of hydrazine groups is 2. The van der Waals surface area contributed by atoms with Crippen molar-refractivity contribution in [2.75, 3.05) is 40.4 Å². The van der Waals surface area contributed by atoms with Crippen molar-refractivity contribution in [3.05, 3.63) is 0 Å². The minimum absolute atomic E-state index is 0.0109. The molecule has 30 heavy (non-hydrogen) atoms. The minimum atomic E-state index is -3.35. The first kappa shape index (κ1) is 21.5. The average molecular weight is 443 g/mol. The summed E-state index contributed by atoms with van der Waals surface area (Å²) in [5, 5.41) is 7.59. The molecule has 5 rings (SSSR count). The summed E-state index contributed by atoms with van der Waals surface area (Å²) in [6.45, 7) is 3.10. The fourth-order valence-electron chi connectivity index (χ4n) is 6.69. The first-order valence-electron chi connectivity index (χ1n) is 11.7. The van der Waals surface area contributed by atoms with Crippen LogP contribution in [0.4, 0.5) is 0 Å². The third-order valence-electron chi connectivity index (χ3n) is 8.30. The number of hydrogen-bond acceptors (Lipinski definition) is 8. The van der Waals surface area contributed by atoms with Gasteiger partial charge in [0.1, 0.15) is 0 Å². The third-order valence-corrected chi connectivity index (χ3v) is 10.2. The summed E-state index contributed by atoms with van der Waals surface area (Å²) < 4.78 is 35.3. The van der Waals surface area contributed by atoms with Gasteiger partial charge < -0.3 is 10.1 Å². The number of nitrogens with one attached hydrogen (secondary N) is 4. The molecular weight excluding hydrogens is 404 g/mol. The molecule has 8 atom stereocenters. The molecule has 0 bridgehead atoms. The average Bonchev–Trinajstić information content (AvgIpc) is 3.29. The molecule has 5 aliphatic rings. The van der Waals surface area contributed by atoms with Crippen molar-refractivity contribution >= 4 is 10.0 Å². The second-order valence-corrected chi connectivity index (χ2v) is 12.0. The number of piperidine rings is 1. The van der Waals surface area contributed by atoms with Gasteiger partial charge in [-0.05, 0) is 38.0 Å². The van der Waals surface area contributed by atoms with Crippen molar-refractivity contribution in [2.24, 2.45) is 11.8 Å². The smallest absolute Gasteiger partial charge is 0.216 e. The van der Waals surface area contributed by atoms with Crippen molar-refractivity contribution in [3.63, 3.8) is 0 Å². The summed E-state index contributed by atoms with van der Waals surface area (Å²) in [4.78, 5) is 0. The first-order valence-corrected chi connectivity index (χ1v) is 13.3. The van der Waals surface area contributed by atoms with Gasteiger partial charge in [0.25, 0.3) is 0 Å². The highest BCUT2D eigenvalue weighted by atomic mass is 32.2. The van der Waals surface area contributed by atoms with Gasteiger partial charge in [-0.1, -0.05) is 6.42 Å². The van der Waals surface area contributed by atoms with Crippen LogP contribution < -0.4 is 20.9 Å². The van der Waals surface area contributed by atoms with E-state index in [0.29, 0.717) is 42.9 Å². The standard InChI is InChI=1S/C20H38N6O3S/c1-25-18-8-9-29-12-15(18)19(23-25)16-7-6-14(11-21-16)30(27,28)24-17-5-3-4-13-10-22-26(2)20(13)17/h13-24H,3-12H2,1-2H3. The van der Waals surface area contributed by atoms with Gasteiger partial charge in [0, 0.05) is 69.9 Å². The Labute approximate surface area is 180 Å². The predicted molar refractivity (Wildman–Crippen MR) is 115 cm³/mol. The molecule has 4 N–H and O–H groups in total. The predicted octanol–water partition coefficient (Wildman–Crippen LogP) is -0.763. The normalized spacial score (nSPS) is 45.9. The molecule has 0 amide bonds. The Morgan fingerprint density at radius 1 is 1.03 bits per heavy atom. The summed E-state index contributed by atoms with van der Waals surface area (Å²) in [5.74, 6) is 1.01. The minimum Gasteiger partial charge on any atom is -0.381 e. The van der Waals surface area contributed by atoms with E-state index in [9.17, 15) is 8.42 Å². The Hall–Kier alpha value is -0.330. The Balaban J connectivity index is 1.19. The maximum atomic E-state index is 13.2. The van der Waals surface area contributed by atoms with Crippen LogP contribution in [0.15, 0.2) is 0 Å². The quantitative estimate of drug-likeness (QED) is 0.451. The first-order chi connectivity index (χ1) is 14.4. The van der Waals surface area contributed by atoms with E-state index in [2.05, 4.69) is 38.0 Å². The molecule has 1 saturated carbocycles. The van der Waals surface area contributed by atoms with Gasteiger partial charge in [0.05, 0.1) is 11.9 Å². The van der Waals surface area contributed by atoms with Crippen LogP contribution in [0, 0.1) is 11.8 Å². The zero-order valence-electron chi connectivity index (χ0n) is 18.2. The van der Waals surface area contributed by atoms with E-state index in [4.69, 9.17) is 4.74 Å². The molecule has 0 aromatic heterocycles. The molecule has 8 unspecified atom stereocenters. The van der Waals surface area contributed by atoms with Crippen molar-refractivity contribution in [3.8, 4) is 0 Å². The highest BCUT2D eigenvalue weighted by molar-refractivity contribution is 7.90. The molecular formula is C20H38N6O3S. The third kappa shape index (κ3) is 3.94. The van der Waals surface area contributed by atoms with Gasteiger partial charge in [-0.2, -0.15) is 0 Å². The van der Waals surface area contributed by atoms with Crippen molar-refractivity contribution in [2.45, 2.75) is 74.0 Å². The number of ether oxygens (including phenoxy) is 1. The van der Waals surface area contributed by atoms with Crippen LogP contribution in [0.1, 0.15) is 38.5 Å². The van der Waals surface area contributed by atoms with Crippen LogP contribution in [0.3, 0.4) is 0 Å². The molecule has 10 heteroatoms. The topological polar surface area (TPSA) is 98.0 Å². The summed E-state index contributed by atoms with van der Waals surface area (Å²) in [7, 11) is 0.811. The van der Waals surface area contributed by atoms with Crippen LogP contribution in [0.5, 0.6) is 0 Å². The Bertz CT molecular complexity index is 713. The van der Waals surface area contributed by atoms with Gasteiger partial charge in [-0.25, -0.2) is 23.2 Å². The van der Waals surface area contributed by atoms with Gasteiger partial charge in [0.15, 0.2) is 0 Å². The maximum absolute atomic E-state index is 13.2. The van der Waals surface area contributed by atoms with Crippen molar-refractivity contribution in [1.29, 1.82) is 0 Å². The molecule has 0 aromatic rings. The summed E-state index contributed by atoms with van der Waals surface area (Å²) >= 11 is 0. The van der Waals surface area contributed by atoms with E-state index < -0.39 is 10.0 Å². The summed E-state index contributed by atoms with van der Waals surface area (Å²) in [6.07, 6.45) is 5.85. The Morgan fingerprint density at radius 2 is 1.90 bits per heavy atom. The molecule has 4 aliphatic heterocycles. The molecule has 5 fully saturated rings. The highest BCUT2D eigenvalue weighted by Gasteiger charge is 2.47. The van der Waals surface area contributed by atoms with Crippen molar-refractivity contribution in [1.82, 2.24) is 30.9 Å². The lowest BCUT2D eigenvalue weighted by molar-refractivity contribution is 0.0203. The van der Waals surface area contributed by atoms with Gasteiger partial charge in [-0.15, -0.1) is 0 Å². The largest absolute Gasteiger partial charge is 0.381 e. The molecule has 0 radical (unpaired) electrons. The molecule has 4 saturated heterocycles. The molecule has 0 spiro atoms. The van der Waals surface area contributed by atoms with Crippen LogP contribution in [0.2, 0.25) is 0 Å². The highest BCUT2D eigenvalue weighted by Crippen LogP contribution is 2.33. The number of nitrogens with zero attached hydrogens (tertiary/aromatic N) is 2. The summed E-state index contributed by atoms with van der Waals surface area (Å²) in [5.41, 5.74) is 7.01. The molecule has 172 valence electrons. The summed E-state index contributed by atoms with van der Waals surface area (Å²) in [6, 6.07) is 1.40. The number of rotatable bonds is 4. The Morgan fingerprint density at radius 3 is 2.70 bits per heavy atom. The maximum Gasteiger partial charge on any atom is 0.216 e. The monoisotopic (exact) mass is 442 g/mol. The molecule has 0 aromatic carbocycles. The van der Waals surface area contributed by atoms with Crippen LogP contribution in [-0.4, -0.2) is 94.3 Å². The lowest BCUT2D eigenvalue weighted by Crippen LogP contribution is -2.59. The second-order valence-electron chi connectivity index (χ2n) is 10.00. The van der Waals surface area contributed by atoms with E-state index >= 15 is 0 Å². The molecule has 4 heterocycles. The van der Waals surface area contributed by atoms with Crippen LogP contribution >= 0.6 is 0 Å². The lowest BCUT2D eigenvalue weighted by Gasteiger charge is -2.39. The van der Waals surface area contributed by atoms with Crippen molar-refractivity contribution < 1.29 is 13.2 Å². The Kier molecular flexibility index (Phi) is 6.13. The zero-order valence-corrected chi connectivity index (χ0v) is 19.0. The fraction of sp³-hybridized carbons (Fsp3) is 1.00. The number of hydrogen-bond donors (Lipinski definition) is 4. The number of sulfonamides is 1. The number of likely N-dealkylation sites (N-methyl/N-ethyl adjacent to an activating group) is 1. The van der Waals surface area contributed by atoms with Gasteiger partial charge in [0.2, 0.25) is 10.0 Å². The van der Waals surface area contributed by atoms with Gasteiger partial charge >= 0.3 is 0 Å². The second kappa shape index (κ2) is 8.55. The van der Waals surface area contributed by atoms with E-state index in [0.717, 1.165) is 45.4 Å². The van der Waals surface area contributed by atoms with Crippen LogP contribution in [0.25, 0.3) is 0 Å². The van der Waals surface area contributed by atoms with Crippen LogP contribution in [-0.2, 0) is 14.8 Å². The van der Waals surface area contributed by atoms with E-state index in [1.54, 1.807) is 0 Å². The van der Waals surface area contributed by atoms with Gasteiger partial charge in [-0.3, -0.25) is 10.9 Å². The zero-order chi connectivity index (χ0) is 20.9. The molecule has 9 nitrogen and oxygen atoms in total. The van der Waals surface area contributed by atoms with E-state index in [1.165, 1.54) is 6.42 Å².